The summed E-state index contributed by atoms with van der Waals surface area (Å²) < 4.78 is 55.4. The minimum atomic E-state index is -0.645. The Morgan fingerprint density at radius 2 is 1.40 bits per heavy atom. The Kier molecular flexibility index (Phi) is 7.52. The first-order valence-corrected chi connectivity index (χ1v) is 13.2. The van der Waals surface area contributed by atoms with Crippen LogP contribution in [0.1, 0.15) is 92.9 Å². The largest absolute Gasteiger partial charge is 0.493 e. The quantitative estimate of drug-likeness (QED) is 0.291. The van der Waals surface area contributed by atoms with Crippen molar-refractivity contribution in [3.8, 4) is 5.75 Å². The molecule has 1 atom stereocenters. The summed E-state index contributed by atoms with van der Waals surface area (Å²) in [4.78, 5) is 0. The molecule has 35 heavy (non-hydrogen) atoms. The Hall–Kier alpha value is -2.27. The Bertz CT molecular complexity index is 1050. The van der Waals surface area contributed by atoms with Crippen molar-refractivity contribution in [1.29, 1.82) is 0 Å². The van der Waals surface area contributed by atoms with Gasteiger partial charge in [0.2, 0.25) is 0 Å². The van der Waals surface area contributed by atoms with E-state index in [2.05, 4.69) is 12.2 Å². The van der Waals surface area contributed by atoms with E-state index in [-0.39, 0.29) is 23.8 Å². The minimum Gasteiger partial charge on any atom is -0.493 e. The van der Waals surface area contributed by atoms with Crippen LogP contribution < -0.4 is 4.74 Å². The van der Waals surface area contributed by atoms with Gasteiger partial charge in [-0.05, 0) is 105 Å². The van der Waals surface area contributed by atoms with Crippen LogP contribution >= 0.6 is 0 Å². The van der Waals surface area contributed by atoms with Gasteiger partial charge in [0, 0.05) is 11.6 Å². The zero-order chi connectivity index (χ0) is 24.4. The lowest BCUT2D eigenvalue weighted by Crippen LogP contribution is -2.20. The van der Waals surface area contributed by atoms with Crippen LogP contribution in [0, 0.1) is 29.3 Å². The predicted molar refractivity (Wildman–Crippen MR) is 131 cm³/mol. The molecule has 1 saturated heterocycles. The van der Waals surface area contributed by atoms with Crippen molar-refractivity contribution in [2.24, 2.45) is 11.8 Å². The summed E-state index contributed by atoms with van der Waals surface area (Å²) in [7, 11) is 0. The number of rotatable bonds is 7. The maximum absolute atomic E-state index is 15.1. The molecule has 0 radical (unpaired) electrons. The lowest BCUT2D eigenvalue weighted by Gasteiger charge is -2.30. The molecule has 2 aromatic rings. The van der Waals surface area contributed by atoms with Gasteiger partial charge in [-0.25, -0.2) is 13.2 Å². The van der Waals surface area contributed by atoms with E-state index < -0.39 is 11.6 Å². The van der Waals surface area contributed by atoms with Gasteiger partial charge in [-0.1, -0.05) is 24.3 Å². The molecule has 5 rings (SSSR count). The Morgan fingerprint density at radius 3 is 1.94 bits per heavy atom. The summed E-state index contributed by atoms with van der Waals surface area (Å²) in [5.41, 5.74) is 1.66. The lowest BCUT2D eigenvalue weighted by molar-refractivity contribution is 0.198. The number of hydrogen-bond donors (Lipinski definition) is 0. The highest BCUT2D eigenvalue weighted by Gasteiger charge is 2.30. The third-order valence-corrected chi connectivity index (χ3v) is 8.24. The molecule has 3 aliphatic rings. The molecule has 0 N–H and O–H groups in total. The second-order valence-electron chi connectivity index (χ2n) is 10.5. The normalized spacial score (nSPS) is 28.9. The van der Waals surface area contributed by atoms with Gasteiger partial charge in [0.15, 0.2) is 11.6 Å². The van der Waals surface area contributed by atoms with Crippen LogP contribution in [0.4, 0.5) is 13.2 Å². The predicted octanol–water partition coefficient (Wildman–Crippen LogP) is 8.38. The number of allylic oxidation sites excluding steroid dienone is 2. The fourth-order valence-electron chi connectivity index (χ4n) is 6.05. The second kappa shape index (κ2) is 10.8. The average Bonchev–Trinajstić information content (AvgIpc) is 3.71. The molecule has 0 aromatic heterocycles. The maximum Gasteiger partial charge on any atom is 0.162 e. The van der Waals surface area contributed by atoms with Gasteiger partial charge >= 0.3 is 0 Å². The minimum absolute atomic E-state index is 0.0375. The van der Waals surface area contributed by atoms with Crippen molar-refractivity contribution in [1.82, 2.24) is 0 Å². The molecule has 1 heterocycles. The van der Waals surface area contributed by atoms with Crippen molar-refractivity contribution in [3.63, 3.8) is 0 Å². The van der Waals surface area contributed by atoms with Crippen LogP contribution in [-0.2, 0) is 4.74 Å². The molecular formula is C30H35F3O2. The van der Waals surface area contributed by atoms with Crippen LogP contribution in [0.5, 0.6) is 5.75 Å². The topological polar surface area (TPSA) is 21.8 Å². The van der Waals surface area contributed by atoms with E-state index in [1.807, 2.05) is 19.1 Å². The number of ether oxygens (including phenoxy) is 2. The number of halogens is 3. The molecule has 0 amide bonds. The maximum atomic E-state index is 15.1. The summed E-state index contributed by atoms with van der Waals surface area (Å²) in [6, 6.07) is 8.62. The molecule has 0 bridgehead atoms. The van der Waals surface area contributed by atoms with Gasteiger partial charge < -0.3 is 9.47 Å². The van der Waals surface area contributed by atoms with E-state index in [0.29, 0.717) is 47.5 Å². The summed E-state index contributed by atoms with van der Waals surface area (Å²) >= 11 is 0. The smallest absolute Gasteiger partial charge is 0.162 e. The first-order valence-electron chi connectivity index (χ1n) is 13.2. The monoisotopic (exact) mass is 484 g/mol. The van der Waals surface area contributed by atoms with Crippen molar-refractivity contribution in [3.05, 3.63) is 76.6 Å². The van der Waals surface area contributed by atoms with Crippen molar-refractivity contribution >= 4 is 0 Å². The van der Waals surface area contributed by atoms with E-state index in [9.17, 15) is 4.39 Å². The summed E-state index contributed by atoms with van der Waals surface area (Å²) in [6.07, 6.45) is 11.5. The molecule has 0 spiro atoms. The fraction of sp³-hybridized carbons (Fsp3) is 0.533. The highest BCUT2D eigenvalue weighted by atomic mass is 19.2. The first-order chi connectivity index (χ1) is 17.0. The zero-order valence-corrected chi connectivity index (χ0v) is 20.4. The van der Waals surface area contributed by atoms with Gasteiger partial charge in [0.05, 0.1) is 13.2 Å². The Balaban J connectivity index is 1.14. The van der Waals surface area contributed by atoms with Crippen molar-refractivity contribution in [2.75, 3.05) is 13.2 Å². The Labute approximate surface area is 206 Å². The summed E-state index contributed by atoms with van der Waals surface area (Å²) in [5.74, 6) is 0.00762. The van der Waals surface area contributed by atoms with Gasteiger partial charge in [-0.2, -0.15) is 0 Å². The molecule has 2 aliphatic carbocycles. The lowest BCUT2D eigenvalue weighted by atomic mass is 9.76. The van der Waals surface area contributed by atoms with Gasteiger partial charge in [0.25, 0.3) is 0 Å². The molecule has 2 aromatic carbocycles. The molecule has 188 valence electrons. The van der Waals surface area contributed by atoms with E-state index in [1.54, 1.807) is 12.1 Å². The standard InChI is InChI=1S/C30H35F3O2/c1-2-3-19-4-8-21(9-5-19)24-14-15-25(30(33)29(24)32)22-10-6-20(7-11-22)17-34-23-12-13-26(27(31)16-23)28-18-35-28/h2-3,12-16,19-22,28H,4-11,17-18H2,1H3/b3-2+. The van der Waals surface area contributed by atoms with Crippen LogP contribution in [0.15, 0.2) is 42.5 Å². The number of benzene rings is 2. The number of hydrogen-bond acceptors (Lipinski definition) is 2. The Morgan fingerprint density at radius 1 is 0.829 bits per heavy atom. The fourth-order valence-corrected chi connectivity index (χ4v) is 6.05. The van der Waals surface area contributed by atoms with E-state index >= 15 is 8.78 Å². The SMILES string of the molecule is C/C=C/C1CCC(c2ccc(C3CCC(COc4ccc(C5CO5)c(F)c4)CC3)c(F)c2F)CC1. The first kappa shape index (κ1) is 24.4. The highest BCUT2D eigenvalue weighted by Crippen LogP contribution is 2.42. The van der Waals surface area contributed by atoms with Crippen LogP contribution in [0.25, 0.3) is 0 Å². The summed E-state index contributed by atoms with van der Waals surface area (Å²) in [5, 5.41) is 0. The second-order valence-corrected chi connectivity index (χ2v) is 10.5. The molecule has 5 heteroatoms. The van der Waals surface area contributed by atoms with Crippen molar-refractivity contribution < 1.29 is 22.6 Å². The van der Waals surface area contributed by atoms with Crippen LogP contribution in [0.3, 0.4) is 0 Å². The molecule has 3 fully saturated rings. The number of epoxide rings is 1. The van der Waals surface area contributed by atoms with Gasteiger partial charge in [-0.3, -0.25) is 0 Å². The molecule has 1 unspecified atom stereocenters. The molecule has 2 saturated carbocycles. The van der Waals surface area contributed by atoms with Gasteiger partial charge in [0.1, 0.15) is 17.7 Å². The van der Waals surface area contributed by atoms with Gasteiger partial charge in [-0.15, -0.1) is 0 Å². The van der Waals surface area contributed by atoms with E-state index in [4.69, 9.17) is 9.47 Å². The molecule has 2 nitrogen and oxygen atoms in total. The third-order valence-electron chi connectivity index (χ3n) is 8.24. The highest BCUT2D eigenvalue weighted by molar-refractivity contribution is 5.33. The summed E-state index contributed by atoms with van der Waals surface area (Å²) in [6.45, 7) is 3.12. The van der Waals surface area contributed by atoms with Crippen LogP contribution in [0.2, 0.25) is 0 Å². The van der Waals surface area contributed by atoms with E-state index in [0.717, 1.165) is 51.4 Å². The molecule has 1 aliphatic heterocycles. The van der Waals surface area contributed by atoms with Crippen LogP contribution in [-0.4, -0.2) is 13.2 Å². The van der Waals surface area contributed by atoms with Crippen molar-refractivity contribution in [2.45, 2.75) is 76.2 Å². The average molecular weight is 485 g/mol. The van der Waals surface area contributed by atoms with E-state index in [1.165, 1.54) is 6.07 Å². The molecular weight excluding hydrogens is 449 g/mol. The third kappa shape index (κ3) is 5.61. The zero-order valence-electron chi connectivity index (χ0n) is 20.4.